The molecule has 0 radical (unpaired) electrons. The molecule has 134 valence electrons. The van der Waals surface area contributed by atoms with Crippen LogP contribution in [0, 0.1) is 6.92 Å². The topological polar surface area (TPSA) is 86.1 Å². The average Bonchev–Trinajstić information content (AvgIpc) is 3.32. The number of sulfonamides is 1. The predicted molar refractivity (Wildman–Crippen MR) is 98.2 cm³/mol. The number of aryl methyl sites for hydroxylation is 1. The van der Waals surface area contributed by atoms with Crippen LogP contribution in [0.15, 0.2) is 54.9 Å². The van der Waals surface area contributed by atoms with Crippen LogP contribution in [0.25, 0.3) is 5.82 Å². The highest BCUT2D eigenvalue weighted by atomic mass is 32.2. The van der Waals surface area contributed by atoms with Crippen LogP contribution in [0.3, 0.4) is 0 Å². The second-order valence-corrected chi connectivity index (χ2v) is 8.14. The van der Waals surface area contributed by atoms with Gasteiger partial charge in [0, 0.05) is 24.1 Å². The fraction of sp³-hybridized carbons (Fsp3) is 0.222. The van der Waals surface area contributed by atoms with Gasteiger partial charge in [0.15, 0.2) is 0 Å². The molecule has 0 atom stereocenters. The van der Waals surface area contributed by atoms with Crippen molar-refractivity contribution in [3.8, 4) is 17.4 Å². The Bertz CT molecular complexity index is 1010. The molecular formula is C18H18N4O3S. The Hall–Kier alpha value is -2.87. The largest absolute Gasteiger partial charge is 0.439 e. The monoisotopic (exact) mass is 370 g/mol. The lowest BCUT2D eigenvalue weighted by atomic mass is 10.3. The maximum atomic E-state index is 12.0. The third-order valence-electron chi connectivity index (χ3n) is 3.97. The van der Waals surface area contributed by atoms with Crippen LogP contribution < -0.4 is 9.46 Å². The molecular weight excluding hydrogens is 352 g/mol. The van der Waals surface area contributed by atoms with Crippen LogP contribution in [0.4, 0.5) is 5.69 Å². The third kappa shape index (κ3) is 3.70. The third-order valence-corrected chi connectivity index (χ3v) is 5.84. The van der Waals surface area contributed by atoms with Gasteiger partial charge in [0.05, 0.1) is 5.25 Å². The van der Waals surface area contributed by atoms with E-state index in [0.717, 1.165) is 12.8 Å². The standard InChI is InChI=1S/C18H18N4O3S/c1-13-19-17(22-10-2-3-11-22)12-18(20-13)25-15-6-4-14(5-7-15)21-26(23,24)16-8-9-16/h2-7,10-12,16,21H,8-9H2,1H3. The summed E-state index contributed by atoms with van der Waals surface area (Å²) in [6, 6.07) is 12.3. The first-order valence-corrected chi connectivity index (χ1v) is 9.83. The van der Waals surface area contributed by atoms with Gasteiger partial charge < -0.3 is 9.30 Å². The fourth-order valence-electron chi connectivity index (χ4n) is 2.53. The van der Waals surface area contributed by atoms with E-state index in [9.17, 15) is 8.42 Å². The second kappa shape index (κ2) is 6.45. The molecule has 1 N–H and O–H groups in total. The summed E-state index contributed by atoms with van der Waals surface area (Å²) in [7, 11) is -3.26. The lowest BCUT2D eigenvalue weighted by Gasteiger charge is -2.10. The van der Waals surface area contributed by atoms with Gasteiger partial charge in [-0.05, 0) is 56.2 Å². The van der Waals surface area contributed by atoms with E-state index in [0.29, 0.717) is 29.0 Å². The lowest BCUT2D eigenvalue weighted by molar-refractivity contribution is 0.459. The Morgan fingerprint density at radius 1 is 1.12 bits per heavy atom. The van der Waals surface area contributed by atoms with Crippen molar-refractivity contribution in [3.63, 3.8) is 0 Å². The summed E-state index contributed by atoms with van der Waals surface area (Å²) in [6.45, 7) is 1.80. The zero-order chi connectivity index (χ0) is 18.1. The summed E-state index contributed by atoms with van der Waals surface area (Å²) in [4.78, 5) is 8.68. The summed E-state index contributed by atoms with van der Waals surface area (Å²) in [5.41, 5.74) is 0.524. The number of hydrogen-bond acceptors (Lipinski definition) is 5. The van der Waals surface area contributed by atoms with Gasteiger partial charge in [0.2, 0.25) is 15.9 Å². The average molecular weight is 370 g/mol. The number of anilines is 1. The molecule has 2 heterocycles. The van der Waals surface area contributed by atoms with E-state index >= 15 is 0 Å². The molecule has 8 heteroatoms. The van der Waals surface area contributed by atoms with E-state index < -0.39 is 10.0 Å². The molecule has 2 aromatic heterocycles. The van der Waals surface area contributed by atoms with Crippen LogP contribution in [-0.2, 0) is 10.0 Å². The number of aromatic nitrogens is 3. The molecule has 0 aliphatic heterocycles. The normalized spacial score (nSPS) is 14.2. The van der Waals surface area contributed by atoms with E-state index in [1.54, 1.807) is 37.3 Å². The van der Waals surface area contributed by atoms with Crippen molar-refractivity contribution in [2.24, 2.45) is 0 Å². The van der Waals surface area contributed by atoms with Crippen LogP contribution >= 0.6 is 0 Å². The summed E-state index contributed by atoms with van der Waals surface area (Å²) in [5, 5.41) is -0.255. The van der Waals surface area contributed by atoms with Gasteiger partial charge in [-0.1, -0.05) is 0 Å². The van der Waals surface area contributed by atoms with Gasteiger partial charge in [-0.25, -0.2) is 13.4 Å². The maximum Gasteiger partial charge on any atom is 0.235 e. The molecule has 0 saturated heterocycles. The molecule has 0 amide bonds. The SMILES string of the molecule is Cc1nc(Oc2ccc(NS(=O)(=O)C3CC3)cc2)cc(-n2cccc2)n1. The molecule has 1 fully saturated rings. The zero-order valence-electron chi connectivity index (χ0n) is 14.2. The van der Waals surface area contributed by atoms with Gasteiger partial charge in [-0.3, -0.25) is 4.72 Å². The Morgan fingerprint density at radius 2 is 1.81 bits per heavy atom. The minimum atomic E-state index is -3.26. The van der Waals surface area contributed by atoms with E-state index in [2.05, 4.69) is 14.7 Å². The minimum Gasteiger partial charge on any atom is -0.439 e. The lowest BCUT2D eigenvalue weighted by Crippen LogP contribution is -2.17. The Balaban J connectivity index is 1.51. The van der Waals surface area contributed by atoms with Crippen molar-refractivity contribution in [3.05, 3.63) is 60.7 Å². The number of ether oxygens (including phenoxy) is 1. The van der Waals surface area contributed by atoms with E-state index in [-0.39, 0.29) is 5.25 Å². The Labute approximate surface area is 151 Å². The van der Waals surface area contributed by atoms with Crippen LogP contribution in [0.5, 0.6) is 11.6 Å². The van der Waals surface area contributed by atoms with Gasteiger partial charge in [0.25, 0.3) is 0 Å². The summed E-state index contributed by atoms with van der Waals surface area (Å²) in [5.74, 6) is 2.30. The van der Waals surface area contributed by atoms with Crippen molar-refractivity contribution in [1.82, 2.24) is 14.5 Å². The number of nitrogens with one attached hydrogen (secondary N) is 1. The van der Waals surface area contributed by atoms with Crippen LogP contribution in [0.2, 0.25) is 0 Å². The molecule has 0 unspecified atom stereocenters. The molecule has 3 aromatic rings. The van der Waals surface area contributed by atoms with Gasteiger partial charge in [-0.15, -0.1) is 0 Å². The molecule has 7 nitrogen and oxygen atoms in total. The zero-order valence-corrected chi connectivity index (χ0v) is 15.0. The van der Waals surface area contributed by atoms with Crippen LogP contribution in [0.1, 0.15) is 18.7 Å². The highest BCUT2D eigenvalue weighted by Gasteiger charge is 2.35. The predicted octanol–water partition coefficient (Wildman–Crippen LogP) is 3.27. The first-order valence-electron chi connectivity index (χ1n) is 8.28. The number of nitrogens with zero attached hydrogens (tertiary/aromatic N) is 3. The van der Waals surface area contributed by atoms with Crippen molar-refractivity contribution >= 4 is 15.7 Å². The highest BCUT2D eigenvalue weighted by Crippen LogP contribution is 2.30. The molecule has 26 heavy (non-hydrogen) atoms. The number of benzene rings is 1. The van der Waals surface area contributed by atoms with Gasteiger partial charge in [-0.2, -0.15) is 4.98 Å². The second-order valence-electron chi connectivity index (χ2n) is 6.17. The minimum absolute atomic E-state index is 0.255. The van der Waals surface area contributed by atoms with Crippen molar-refractivity contribution in [2.75, 3.05) is 4.72 Å². The quantitative estimate of drug-likeness (QED) is 0.720. The van der Waals surface area contributed by atoms with Crippen molar-refractivity contribution < 1.29 is 13.2 Å². The highest BCUT2D eigenvalue weighted by molar-refractivity contribution is 7.93. The molecule has 1 aromatic carbocycles. The summed E-state index contributed by atoms with van der Waals surface area (Å²) >= 11 is 0. The molecule has 1 saturated carbocycles. The van der Waals surface area contributed by atoms with E-state index in [1.165, 1.54) is 0 Å². The smallest absolute Gasteiger partial charge is 0.235 e. The summed E-state index contributed by atoms with van der Waals surface area (Å²) < 4.78 is 34.2. The van der Waals surface area contributed by atoms with Crippen LogP contribution in [-0.4, -0.2) is 28.2 Å². The Morgan fingerprint density at radius 3 is 2.46 bits per heavy atom. The van der Waals surface area contributed by atoms with Gasteiger partial charge in [0.1, 0.15) is 17.4 Å². The number of rotatable bonds is 6. The molecule has 4 rings (SSSR count). The molecule has 0 spiro atoms. The van der Waals surface area contributed by atoms with Crippen molar-refractivity contribution in [1.29, 1.82) is 0 Å². The molecule has 1 aliphatic carbocycles. The van der Waals surface area contributed by atoms with E-state index in [1.807, 2.05) is 29.1 Å². The van der Waals surface area contributed by atoms with E-state index in [4.69, 9.17) is 4.74 Å². The molecule has 0 bridgehead atoms. The summed E-state index contributed by atoms with van der Waals surface area (Å²) in [6.07, 6.45) is 5.25. The molecule has 1 aliphatic rings. The first kappa shape index (κ1) is 16.6. The Kier molecular flexibility index (Phi) is 4.12. The number of hydrogen-bond donors (Lipinski definition) is 1. The fourth-order valence-corrected chi connectivity index (χ4v) is 3.92. The first-order chi connectivity index (χ1) is 12.5. The maximum absolute atomic E-state index is 12.0. The van der Waals surface area contributed by atoms with Gasteiger partial charge >= 0.3 is 0 Å². The van der Waals surface area contributed by atoms with Crippen molar-refractivity contribution in [2.45, 2.75) is 25.0 Å².